The Hall–Kier alpha value is -1.16. The topological polar surface area (TPSA) is 54.9 Å². The van der Waals surface area contributed by atoms with Crippen LogP contribution in [0.5, 0.6) is 0 Å². The lowest BCUT2D eigenvalue weighted by molar-refractivity contribution is 0.112. The van der Waals surface area contributed by atoms with E-state index in [4.69, 9.17) is 11.6 Å². The summed E-state index contributed by atoms with van der Waals surface area (Å²) in [6.45, 7) is 5.37. The fourth-order valence-corrected chi connectivity index (χ4v) is 3.51. The molecule has 0 aliphatic heterocycles. The van der Waals surface area contributed by atoms with Gasteiger partial charge in [-0.15, -0.1) is 0 Å². The van der Waals surface area contributed by atoms with Crippen LogP contribution >= 0.6 is 11.6 Å². The largest absolute Gasteiger partial charge is 0.369 e. The van der Waals surface area contributed by atoms with Crippen molar-refractivity contribution in [2.75, 3.05) is 11.9 Å². The minimum absolute atomic E-state index is 0.210. The summed E-state index contributed by atoms with van der Waals surface area (Å²) in [5.41, 5.74) is 0.679. The zero-order chi connectivity index (χ0) is 14.6. The molecule has 4 nitrogen and oxygen atoms in total. The average Bonchev–Trinajstić information content (AvgIpc) is 2.84. The van der Waals surface area contributed by atoms with Crippen molar-refractivity contribution in [3.8, 4) is 0 Å². The van der Waals surface area contributed by atoms with Crippen molar-refractivity contribution in [1.29, 1.82) is 0 Å². The summed E-state index contributed by atoms with van der Waals surface area (Å²) in [7, 11) is 0. The summed E-state index contributed by atoms with van der Waals surface area (Å²) in [4.78, 5) is 19.1. The van der Waals surface area contributed by atoms with Crippen molar-refractivity contribution < 1.29 is 4.79 Å². The van der Waals surface area contributed by atoms with Crippen LogP contribution in [0.25, 0.3) is 0 Å². The van der Waals surface area contributed by atoms with Crippen molar-refractivity contribution in [1.82, 2.24) is 9.97 Å². The van der Waals surface area contributed by atoms with Crippen LogP contribution in [0.1, 0.15) is 56.3 Å². The van der Waals surface area contributed by atoms with Crippen LogP contribution in [0, 0.1) is 11.3 Å². The monoisotopic (exact) mass is 295 g/mol. The standard InChI is InChI=1S/C15H22ClN3O/c1-11(2)7-15(5-3-4-6-15)9-17-14-12(8-20)13(16)18-10-19-14/h8,10-11H,3-7,9H2,1-2H3,(H,17,18,19). The second kappa shape index (κ2) is 6.53. The Labute approximate surface area is 125 Å². The highest BCUT2D eigenvalue weighted by molar-refractivity contribution is 6.32. The van der Waals surface area contributed by atoms with Gasteiger partial charge in [0, 0.05) is 6.54 Å². The predicted octanol–water partition coefficient (Wildman–Crippen LogP) is 3.96. The molecule has 0 radical (unpaired) electrons. The third-order valence-corrected chi connectivity index (χ3v) is 4.39. The molecule has 0 unspecified atom stereocenters. The van der Waals surface area contributed by atoms with Crippen LogP contribution in [0.4, 0.5) is 5.82 Å². The molecule has 1 aliphatic rings. The van der Waals surface area contributed by atoms with Crippen molar-refractivity contribution in [2.24, 2.45) is 11.3 Å². The first kappa shape index (κ1) is 15.2. The number of carbonyl (C=O) groups is 1. The minimum Gasteiger partial charge on any atom is -0.369 e. The van der Waals surface area contributed by atoms with Crippen molar-refractivity contribution in [2.45, 2.75) is 46.0 Å². The second-order valence-corrected chi connectivity index (χ2v) is 6.56. The first-order valence-electron chi connectivity index (χ1n) is 7.26. The van der Waals surface area contributed by atoms with Crippen LogP contribution in [-0.2, 0) is 0 Å². The molecule has 1 fully saturated rings. The molecular weight excluding hydrogens is 274 g/mol. The quantitative estimate of drug-likeness (QED) is 0.637. The number of carbonyl (C=O) groups excluding carboxylic acids is 1. The van der Waals surface area contributed by atoms with E-state index < -0.39 is 0 Å². The number of hydrogen-bond donors (Lipinski definition) is 1. The lowest BCUT2D eigenvalue weighted by atomic mass is 9.78. The Morgan fingerprint density at radius 2 is 2.10 bits per heavy atom. The van der Waals surface area contributed by atoms with Crippen LogP contribution < -0.4 is 5.32 Å². The fraction of sp³-hybridized carbons (Fsp3) is 0.667. The fourth-order valence-electron chi connectivity index (χ4n) is 3.33. The molecule has 1 N–H and O–H groups in total. The van der Waals surface area contributed by atoms with Crippen LogP contribution in [0.2, 0.25) is 5.15 Å². The molecule has 5 heteroatoms. The normalized spacial score (nSPS) is 17.4. The number of aromatic nitrogens is 2. The molecule has 110 valence electrons. The summed E-state index contributed by atoms with van der Waals surface area (Å²) >= 11 is 5.92. The third-order valence-electron chi connectivity index (χ3n) is 4.09. The summed E-state index contributed by atoms with van der Waals surface area (Å²) < 4.78 is 0. The smallest absolute Gasteiger partial charge is 0.156 e. The van der Waals surface area contributed by atoms with Gasteiger partial charge in [-0.25, -0.2) is 9.97 Å². The number of anilines is 1. The number of nitrogens with one attached hydrogen (secondary N) is 1. The number of halogens is 1. The molecule has 1 heterocycles. The van der Waals surface area contributed by atoms with E-state index in [0.717, 1.165) is 6.54 Å². The van der Waals surface area contributed by atoms with Gasteiger partial charge in [0.15, 0.2) is 6.29 Å². The van der Waals surface area contributed by atoms with E-state index >= 15 is 0 Å². The van der Waals surface area contributed by atoms with Crippen LogP contribution in [-0.4, -0.2) is 22.8 Å². The van der Waals surface area contributed by atoms with Gasteiger partial charge in [-0.3, -0.25) is 4.79 Å². The number of rotatable bonds is 6. The number of nitrogens with zero attached hydrogens (tertiary/aromatic N) is 2. The number of aldehydes is 1. The lowest BCUT2D eigenvalue weighted by Crippen LogP contribution is -2.29. The maximum Gasteiger partial charge on any atom is 0.156 e. The summed E-state index contributed by atoms with van der Waals surface area (Å²) in [6, 6.07) is 0. The molecule has 0 atom stereocenters. The number of hydrogen-bond acceptors (Lipinski definition) is 4. The van der Waals surface area contributed by atoms with Crippen molar-refractivity contribution in [3.63, 3.8) is 0 Å². The molecule has 1 aromatic rings. The van der Waals surface area contributed by atoms with Gasteiger partial charge in [0.2, 0.25) is 0 Å². The highest BCUT2D eigenvalue weighted by Gasteiger charge is 2.34. The van der Waals surface area contributed by atoms with Gasteiger partial charge in [-0.1, -0.05) is 38.3 Å². The van der Waals surface area contributed by atoms with Gasteiger partial charge in [-0.05, 0) is 30.6 Å². The zero-order valence-electron chi connectivity index (χ0n) is 12.2. The summed E-state index contributed by atoms with van der Waals surface area (Å²) in [6.07, 6.45) is 8.38. The predicted molar refractivity (Wildman–Crippen MR) is 81.3 cm³/mol. The maximum absolute atomic E-state index is 11.1. The summed E-state index contributed by atoms with van der Waals surface area (Å²) in [5, 5.41) is 3.54. The van der Waals surface area contributed by atoms with Crippen molar-refractivity contribution in [3.05, 3.63) is 17.0 Å². The van der Waals surface area contributed by atoms with E-state index in [2.05, 4.69) is 29.1 Å². The van der Waals surface area contributed by atoms with E-state index in [1.807, 2.05) is 0 Å². The molecule has 0 amide bonds. The van der Waals surface area contributed by atoms with Gasteiger partial charge in [0.05, 0.1) is 5.56 Å². The zero-order valence-corrected chi connectivity index (χ0v) is 12.9. The first-order chi connectivity index (χ1) is 9.56. The van der Waals surface area contributed by atoms with E-state index in [9.17, 15) is 4.79 Å². The SMILES string of the molecule is CC(C)CC1(CNc2ncnc(Cl)c2C=O)CCCC1. The van der Waals surface area contributed by atoms with E-state index in [1.54, 1.807) is 0 Å². The first-order valence-corrected chi connectivity index (χ1v) is 7.64. The molecule has 1 saturated carbocycles. The Morgan fingerprint density at radius 3 is 2.70 bits per heavy atom. The summed E-state index contributed by atoms with van der Waals surface area (Å²) in [5.74, 6) is 1.23. The highest BCUT2D eigenvalue weighted by Crippen LogP contribution is 2.43. The van der Waals surface area contributed by atoms with Gasteiger partial charge in [-0.2, -0.15) is 0 Å². The Bertz CT molecular complexity index is 470. The van der Waals surface area contributed by atoms with Gasteiger partial charge in [0.25, 0.3) is 0 Å². The van der Waals surface area contributed by atoms with Crippen LogP contribution in [0.3, 0.4) is 0 Å². The molecule has 1 aromatic heterocycles. The molecule has 0 spiro atoms. The highest BCUT2D eigenvalue weighted by atomic mass is 35.5. The van der Waals surface area contributed by atoms with E-state index in [1.165, 1.54) is 38.4 Å². The molecule has 1 aliphatic carbocycles. The van der Waals surface area contributed by atoms with Gasteiger partial charge in [0.1, 0.15) is 17.3 Å². The molecule has 0 saturated heterocycles. The maximum atomic E-state index is 11.1. The third kappa shape index (κ3) is 3.48. The van der Waals surface area contributed by atoms with Gasteiger partial charge >= 0.3 is 0 Å². The Morgan fingerprint density at radius 1 is 1.40 bits per heavy atom. The molecule has 20 heavy (non-hydrogen) atoms. The molecular formula is C15H22ClN3O. The Balaban J connectivity index is 2.10. The van der Waals surface area contributed by atoms with Gasteiger partial charge < -0.3 is 5.32 Å². The molecule has 0 bridgehead atoms. The van der Waals surface area contributed by atoms with E-state index in [-0.39, 0.29) is 5.15 Å². The van der Waals surface area contributed by atoms with E-state index in [0.29, 0.717) is 29.0 Å². The van der Waals surface area contributed by atoms with Crippen LogP contribution in [0.15, 0.2) is 6.33 Å². The van der Waals surface area contributed by atoms with Crippen molar-refractivity contribution >= 4 is 23.7 Å². The Kier molecular flexibility index (Phi) is 4.97. The minimum atomic E-state index is 0.210. The molecule has 0 aromatic carbocycles. The second-order valence-electron chi connectivity index (χ2n) is 6.20. The lowest BCUT2D eigenvalue weighted by Gasteiger charge is -2.31. The average molecular weight is 296 g/mol. The molecule has 2 rings (SSSR count).